The van der Waals surface area contributed by atoms with Gasteiger partial charge in [0, 0.05) is 5.69 Å². The lowest BCUT2D eigenvalue weighted by molar-refractivity contribution is -0.115. The maximum Gasteiger partial charge on any atom is 0.237 e. The zero-order chi connectivity index (χ0) is 23.2. The summed E-state index contributed by atoms with van der Waals surface area (Å²) in [7, 11) is 1.55. The molecule has 170 valence electrons. The molecule has 0 saturated carbocycles. The molecule has 0 bridgehead atoms. The van der Waals surface area contributed by atoms with E-state index in [1.54, 1.807) is 19.2 Å². The number of hydrogen-bond acceptors (Lipinski definition) is 10. The van der Waals surface area contributed by atoms with Crippen LogP contribution in [0.3, 0.4) is 0 Å². The number of carbonyl (C=O) groups is 1. The molecule has 0 atom stereocenters. The van der Waals surface area contributed by atoms with Gasteiger partial charge in [0.15, 0.2) is 10.2 Å². The highest BCUT2D eigenvalue weighted by molar-refractivity contribution is 8.00. The van der Waals surface area contributed by atoms with Gasteiger partial charge in [-0.15, -0.1) is 10.2 Å². The van der Waals surface area contributed by atoms with E-state index in [1.807, 2.05) is 24.3 Å². The molecule has 4 rings (SSSR count). The average molecular weight is 483 g/mol. The summed E-state index contributed by atoms with van der Waals surface area (Å²) in [6.07, 6.45) is -0.00503. The van der Waals surface area contributed by atoms with Crippen molar-refractivity contribution in [3.63, 3.8) is 0 Å². The summed E-state index contributed by atoms with van der Waals surface area (Å²) in [4.78, 5) is 16.6. The molecule has 0 aliphatic rings. The van der Waals surface area contributed by atoms with Gasteiger partial charge in [-0.3, -0.25) is 4.79 Å². The topological polar surface area (TPSA) is 115 Å². The number of aromatic nitrogens is 4. The number of nitrogens with zero attached hydrogens (tertiary/aromatic N) is 4. The Morgan fingerprint density at radius 3 is 2.79 bits per heavy atom. The Morgan fingerprint density at radius 2 is 1.94 bits per heavy atom. The summed E-state index contributed by atoms with van der Waals surface area (Å²) in [5, 5.41) is 19.1. The smallest absolute Gasteiger partial charge is 0.237 e. The van der Waals surface area contributed by atoms with E-state index in [2.05, 4.69) is 50.9 Å². The fourth-order valence-corrected chi connectivity index (χ4v) is 4.55. The highest BCUT2D eigenvalue weighted by atomic mass is 32.2. The van der Waals surface area contributed by atoms with Gasteiger partial charge in [-0.05, 0) is 43.2 Å². The van der Waals surface area contributed by atoms with Crippen LogP contribution < -0.4 is 15.4 Å². The van der Waals surface area contributed by atoms with Gasteiger partial charge in [0.25, 0.3) is 0 Å². The molecular formula is C22H22N6O3S2. The Kier molecular flexibility index (Phi) is 7.20. The molecule has 2 N–H and O–H groups in total. The molecule has 0 aliphatic carbocycles. The van der Waals surface area contributed by atoms with Crippen LogP contribution in [0, 0.1) is 13.8 Å². The fourth-order valence-electron chi connectivity index (χ4n) is 2.95. The fraction of sp³-hybridized carbons (Fsp3) is 0.227. The third-order valence-corrected chi connectivity index (χ3v) is 6.74. The maximum atomic E-state index is 12.3. The van der Waals surface area contributed by atoms with Crippen molar-refractivity contribution in [3.05, 3.63) is 65.3 Å². The van der Waals surface area contributed by atoms with Gasteiger partial charge < -0.3 is 19.9 Å². The predicted molar refractivity (Wildman–Crippen MR) is 128 cm³/mol. The number of para-hydroxylation sites is 2. The zero-order valence-electron chi connectivity index (χ0n) is 18.3. The van der Waals surface area contributed by atoms with Crippen LogP contribution in [0.5, 0.6) is 5.75 Å². The van der Waals surface area contributed by atoms with Crippen LogP contribution in [0.4, 0.5) is 16.5 Å². The lowest BCUT2D eigenvalue weighted by atomic mass is 10.1. The number of carbonyl (C=O) groups excluding carboxylic acids is 1. The lowest BCUT2D eigenvalue weighted by Gasteiger charge is -2.08. The first-order valence-electron chi connectivity index (χ1n) is 10.1. The number of methoxy groups -OCH3 is 1. The number of ether oxygens (including phenoxy) is 1. The second kappa shape index (κ2) is 10.5. The molecule has 0 radical (unpaired) electrons. The molecule has 0 spiro atoms. The number of rotatable bonds is 9. The molecule has 2 aromatic heterocycles. The Balaban J connectivity index is 1.29. The van der Waals surface area contributed by atoms with E-state index in [0.29, 0.717) is 34.0 Å². The van der Waals surface area contributed by atoms with Gasteiger partial charge in [-0.2, -0.15) is 4.98 Å². The molecule has 4 aromatic rings. The van der Waals surface area contributed by atoms with Gasteiger partial charge >= 0.3 is 0 Å². The Labute approximate surface area is 199 Å². The number of thioether (sulfide) groups is 1. The molecule has 0 aliphatic heterocycles. The van der Waals surface area contributed by atoms with Gasteiger partial charge in [0.2, 0.25) is 16.9 Å². The van der Waals surface area contributed by atoms with Crippen LogP contribution in [-0.4, -0.2) is 33.4 Å². The van der Waals surface area contributed by atoms with Gasteiger partial charge in [0.1, 0.15) is 5.75 Å². The molecule has 0 fully saturated rings. The molecule has 33 heavy (non-hydrogen) atoms. The molecule has 2 heterocycles. The standard InChI is InChI=1S/C22H22N6O3S2/c1-13-7-6-9-15(14(13)2)24-21-26-27-22(33-21)32-12-20-25-18(28-31-20)11-19(29)23-16-8-4-5-10-17(16)30-3/h4-10H,11-12H2,1-3H3,(H,23,29)(H,24,26). The highest BCUT2D eigenvalue weighted by Crippen LogP contribution is 2.31. The van der Waals surface area contributed by atoms with Crippen molar-refractivity contribution in [2.75, 3.05) is 17.7 Å². The molecule has 9 nitrogen and oxygen atoms in total. The van der Waals surface area contributed by atoms with Crippen LogP contribution in [0.1, 0.15) is 22.8 Å². The number of nitrogens with one attached hydrogen (secondary N) is 2. The maximum absolute atomic E-state index is 12.3. The van der Waals surface area contributed by atoms with Gasteiger partial charge in [0.05, 0.1) is 25.0 Å². The van der Waals surface area contributed by atoms with Crippen molar-refractivity contribution in [1.29, 1.82) is 0 Å². The Hall–Kier alpha value is -3.44. The summed E-state index contributed by atoms with van der Waals surface area (Å²) in [6.45, 7) is 4.14. The van der Waals surface area contributed by atoms with E-state index in [4.69, 9.17) is 9.26 Å². The number of hydrogen-bond donors (Lipinski definition) is 2. The third kappa shape index (κ3) is 5.88. The van der Waals surface area contributed by atoms with Crippen molar-refractivity contribution >= 4 is 45.5 Å². The third-order valence-electron chi connectivity index (χ3n) is 4.78. The molecule has 0 saturated heterocycles. The SMILES string of the molecule is COc1ccccc1NC(=O)Cc1noc(CSc2nnc(Nc3cccc(C)c3C)s2)n1. The van der Waals surface area contributed by atoms with Gasteiger partial charge in [-0.1, -0.05) is 52.5 Å². The zero-order valence-corrected chi connectivity index (χ0v) is 19.9. The van der Waals surface area contributed by atoms with Gasteiger partial charge in [-0.25, -0.2) is 0 Å². The van der Waals surface area contributed by atoms with Crippen LogP contribution in [0.2, 0.25) is 0 Å². The van der Waals surface area contributed by atoms with Crippen molar-refractivity contribution < 1.29 is 14.1 Å². The first-order chi connectivity index (χ1) is 16.0. The number of amides is 1. The molecule has 11 heteroatoms. The van der Waals surface area contributed by atoms with Crippen LogP contribution in [0.15, 0.2) is 51.3 Å². The average Bonchev–Trinajstić information content (AvgIpc) is 3.45. The van der Waals surface area contributed by atoms with Crippen molar-refractivity contribution in [2.24, 2.45) is 0 Å². The molecular weight excluding hydrogens is 460 g/mol. The first-order valence-corrected chi connectivity index (χ1v) is 11.9. The van der Waals surface area contributed by atoms with E-state index < -0.39 is 0 Å². The summed E-state index contributed by atoms with van der Waals surface area (Å²) in [5.74, 6) is 1.48. The largest absolute Gasteiger partial charge is 0.495 e. The van der Waals surface area contributed by atoms with Crippen LogP contribution in [0.25, 0.3) is 0 Å². The Bertz CT molecular complexity index is 1260. The minimum atomic E-state index is -0.259. The van der Waals surface area contributed by atoms with Crippen LogP contribution in [-0.2, 0) is 17.0 Å². The Morgan fingerprint density at radius 1 is 1.12 bits per heavy atom. The molecule has 0 unspecified atom stereocenters. The first kappa shape index (κ1) is 22.7. The molecule has 2 aromatic carbocycles. The van der Waals surface area contributed by atoms with E-state index in [0.717, 1.165) is 10.0 Å². The lowest BCUT2D eigenvalue weighted by Crippen LogP contribution is -2.15. The number of benzene rings is 2. The predicted octanol–water partition coefficient (Wildman–Crippen LogP) is 4.76. The quantitative estimate of drug-likeness (QED) is 0.326. The van der Waals surface area contributed by atoms with E-state index in [-0.39, 0.29) is 12.3 Å². The van der Waals surface area contributed by atoms with E-state index in [9.17, 15) is 4.79 Å². The van der Waals surface area contributed by atoms with E-state index in [1.165, 1.54) is 34.2 Å². The summed E-state index contributed by atoms with van der Waals surface area (Å²) >= 11 is 2.89. The minimum absolute atomic E-state index is 0.00503. The second-order valence-electron chi connectivity index (χ2n) is 7.06. The van der Waals surface area contributed by atoms with E-state index >= 15 is 0 Å². The second-order valence-corrected chi connectivity index (χ2v) is 9.26. The van der Waals surface area contributed by atoms with Crippen molar-refractivity contribution in [2.45, 2.75) is 30.4 Å². The van der Waals surface area contributed by atoms with Crippen LogP contribution >= 0.6 is 23.1 Å². The summed E-state index contributed by atoms with van der Waals surface area (Å²) in [6, 6.07) is 13.3. The van der Waals surface area contributed by atoms with Crippen molar-refractivity contribution in [3.8, 4) is 5.75 Å². The number of aryl methyl sites for hydroxylation is 1. The monoisotopic (exact) mass is 482 g/mol. The van der Waals surface area contributed by atoms with Crippen molar-refractivity contribution in [1.82, 2.24) is 20.3 Å². The summed E-state index contributed by atoms with van der Waals surface area (Å²) < 4.78 is 11.3. The molecule has 1 amide bonds. The summed E-state index contributed by atoms with van der Waals surface area (Å²) in [5.41, 5.74) is 3.99. The number of anilines is 3. The highest BCUT2D eigenvalue weighted by Gasteiger charge is 2.14. The minimum Gasteiger partial charge on any atom is -0.495 e. The normalized spacial score (nSPS) is 10.8.